The first-order valence-electron chi connectivity index (χ1n) is 16.6. The van der Waals surface area contributed by atoms with E-state index in [2.05, 4.69) is 26.2 Å². The fourth-order valence-electron chi connectivity index (χ4n) is 5.59. The third-order valence-corrected chi connectivity index (χ3v) is 8.31. The second kappa shape index (κ2) is 17.6. The number of fused-ring (bicyclic) bond motifs is 1. The third kappa shape index (κ3) is 10.5. The highest BCUT2D eigenvalue weighted by atomic mass is 16.5. The number of hydrogen-bond donors (Lipinski definition) is 4. The summed E-state index contributed by atoms with van der Waals surface area (Å²) < 4.78 is 11.4. The number of amides is 5. The average molecular weight is 665 g/mol. The molecular weight excluding hydrogens is 616 g/mol. The molecule has 2 aromatic carbocycles. The number of ether oxygens (including phenoxy) is 2. The zero-order valence-corrected chi connectivity index (χ0v) is 28.3. The highest BCUT2D eigenvalue weighted by molar-refractivity contribution is 6.01. The summed E-state index contributed by atoms with van der Waals surface area (Å²) in [5.41, 5.74) is 2.15. The van der Waals surface area contributed by atoms with Crippen molar-refractivity contribution in [2.75, 3.05) is 46.0 Å². The lowest BCUT2D eigenvalue weighted by atomic mass is 10.0. The normalized spacial score (nSPS) is 22.1. The van der Waals surface area contributed by atoms with Gasteiger partial charge in [0.25, 0.3) is 5.91 Å². The summed E-state index contributed by atoms with van der Waals surface area (Å²) in [6, 6.07) is 11.9. The van der Waals surface area contributed by atoms with E-state index in [1.54, 1.807) is 38.1 Å². The Kier molecular flexibility index (Phi) is 13.3. The molecular formula is C35H48N6O7. The molecule has 4 N–H and O–H groups in total. The van der Waals surface area contributed by atoms with Crippen molar-refractivity contribution in [3.8, 4) is 5.75 Å². The molecule has 3 atom stereocenters. The van der Waals surface area contributed by atoms with E-state index >= 15 is 0 Å². The highest BCUT2D eigenvalue weighted by Gasteiger charge is 2.30. The summed E-state index contributed by atoms with van der Waals surface area (Å²) in [6.07, 6.45) is -0.385. The van der Waals surface area contributed by atoms with Gasteiger partial charge >= 0.3 is 0 Å². The van der Waals surface area contributed by atoms with Gasteiger partial charge in [-0.15, -0.1) is 0 Å². The maximum atomic E-state index is 13.6. The Labute approximate surface area is 282 Å². The molecule has 0 unspecified atom stereocenters. The molecule has 5 amide bonds. The van der Waals surface area contributed by atoms with Crippen LogP contribution in [0, 0.1) is 5.92 Å². The van der Waals surface area contributed by atoms with Crippen LogP contribution in [-0.2, 0) is 37.0 Å². The van der Waals surface area contributed by atoms with E-state index in [0.29, 0.717) is 13.2 Å². The van der Waals surface area contributed by atoms with E-state index < -0.39 is 41.8 Å². The van der Waals surface area contributed by atoms with Gasteiger partial charge in [0.05, 0.1) is 37.8 Å². The summed E-state index contributed by atoms with van der Waals surface area (Å²) in [5, 5.41) is 11.2. The van der Waals surface area contributed by atoms with Crippen LogP contribution >= 0.6 is 0 Å². The van der Waals surface area contributed by atoms with Gasteiger partial charge in [0, 0.05) is 32.7 Å². The lowest BCUT2D eigenvalue weighted by Crippen LogP contribution is -2.54. The van der Waals surface area contributed by atoms with Gasteiger partial charge in [-0.2, -0.15) is 0 Å². The number of likely N-dealkylation sites (N-methyl/N-ethyl adjacent to an activating group) is 1. The number of rotatable bonds is 7. The zero-order chi connectivity index (χ0) is 34.6. The predicted molar refractivity (Wildman–Crippen MR) is 179 cm³/mol. The molecule has 0 saturated carbocycles. The molecule has 13 heteroatoms. The smallest absolute Gasteiger partial charge is 0.255 e. The van der Waals surface area contributed by atoms with E-state index in [1.165, 1.54) is 4.90 Å². The van der Waals surface area contributed by atoms with E-state index in [4.69, 9.17) is 9.47 Å². The van der Waals surface area contributed by atoms with Crippen molar-refractivity contribution >= 4 is 29.5 Å². The first-order chi connectivity index (χ1) is 23.0. The molecule has 48 heavy (non-hydrogen) atoms. The maximum absolute atomic E-state index is 13.6. The topological polar surface area (TPSA) is 158 Å². The van der Waals surface area contributed by atoms with Crippen LogP contribution < -0.4 is 26.0 Å². The molecule has 0 aromatic heterocycles. The molecule has 2 heterocycles. The Morgan fingerprint density at radius 1 is 0.979 bits per heavy atom. The summed E-state index contributed by atoms with van der Waals surface area (Å²) in [6.45, 7) is 11.1. The molecule has 2 aliphatic rings. The van der Waals surface area contributed by atoms with E-state index in [-0.39, 0.29) is 55.8 Å². The average Bonchev–Trinajstić information content (AvgIpc) is 3.07. The number of benzene rings is 2. The number of para-hydroxylation sites is 1. The van der Waals surface area contributed by atoms with Crippen molar-refractivity contribution in [1.82, 2.24) is 31.1 Å². The Bertz CT molecular complexity index is 1440. The molecule has 1 saturated heterocycles. The van der Waals surface area contributed by atoms with E-state index in [9.17, 15) is 24.0 Å². The van der Waals surface area contributed by atoms with Crippen LogP contribution in [0.5, 0.6) is 5.75 Å². The molecule has 4 rings (SSSR count). The van der Waals surface area contributed by atoms with Crippen LogP contribution in [0.2, 0.25) is 0 Å². The summed E-state index contributed by atoms with van der Waals surface area (Å²) in [5.74, 6) is -2.53. The second-order valence-electron chi connectivity index (χ2n) is 12.6. The first kappa shape index (κ1) is 36.3. The Hall–Kier alpha value is -4.49. The predicted octanol–water partition coefficient (Wildman–Crippen LogP) is 1.21. The van der Waals surface area contributed by atoms with Crippen LogP contribution in [0.25, 0.3) is 0 Å². The quantitative estimate of drug-likeness (QED) is 0.344. The molecule has 0 bridgehead atoms. The molecule has 0 radical (unpaired) electrons. The molecule has 13 nitrogen and oxygen atoms in total. The minimum atomic E-state index is -1.24. The Morgan fingerprint density at radius 2 is 1.71 bits per heavy atom. The van der Waals surface area contributed by atoms with Crippen molar-refractivity contribution in [3.63, 3.8) is 0 Å². The van der Waals surface area contributed by atoms with Crippen molar-refractivity contribution in [3.05, 3.63) is 65.2 Å². The van der Waals surface area contributed by atoms with Gasteiger partial charge < -0.3 is 35.6 Å². The monoisotopic (exact) mass is 664 g/mol. The number of nitrogens with zero attached hydrogens (tertiary/aromatic N) is 2. The van der Waals surface area contributed by atoms with Crippen LogP contribution in [0.4, 0.5) is 0 Å². The SMILES string of the molecule is CCN1CC(=O)N[C@H](C(C)C)C(=O)N[C@@H](C)COc2ccccc2C(=O)N[C@H](C(=O)NCc2cccc(CN3CCOCC3)c2)CC1=O. The number of carbonyl (C=O) groups excluding carboxylic acids is 5. The molecule has 0 aliphatic carbocycles. The number of carbonyl (C=O) groups is 5. The molecule has 2 aromatic rings. The number of hydrogen-bond acceptors (Lipinski definition) is 8. The fraction of sp³-hybridized carbons (Fsp3) is 0.514. The minimum Gasteiger partial charge on any atom is -0.491 e. The lowest BCUT2D eigenvalue weighted by Gasteiger charge is -2.27. The van der Waals surface area contributed by atoms with Crippen LogP contribution in [0.1, 0.15) is 55.6 Å². The van der Waals surface area contributed by atoms with Crippen LogP contribution in [0.3, 0.4) is 0 Å². The molecule has 260 valence electrons. The zero-order valence-electron chi connectivity index (χ0n) is 28.3. The van der Waals surface area contributed by atoms with Crippen molar-refractivity contribution < 1.29 is 33.4 Å². The van der Waals surface area contributed by atoms with Crippen molar-refractivity contribution in [2.45, 2.75) is 65.3 Å². The van der Waals surface area contributed by atoms with Crippen molar-refractivity contribution in [1.29, 1.82) is 0 Å². The maximum Gasteiger partial charge on any atom is 0.255 e. The second-order valence-corrected chi connectivity index (χ2v) is 12.6. The van der Waals surface area contributed by atoms with Crippen molar-refractivity contribution in [2.24, 2.45) is 5.92 Å². The Balaban J connectivity index is 1.55. The molecule has 0 spiro atoms. The summed E-state index contributed by atoms with van der Waals surface area (Å²) in [4.78, 5) is 70.5. The standard InChI is InChI=1S/C35H48N6O7/c1-5-41-21-30(42)39-32(23(2)3)35(46)37-24(4)22-48-29-12-7-6-11-27(29)33(44)38-28(18-31(41)43)34(45)36-19-25-9-8-10-26(17-25)20-40-13-15-47-16-14-40/h6-12,17,23-24,28,32H,5,13-16,18-22H2,1-4H3,(H,36,45)(H,37,46)(H,38,44)(H,39,42)/t24-,28-,32+/m0/s1. The first-order valence-corrected chi connectivity index (χ1v) is 16.6. The molecule has 1 fully saturated rings. The molecule has 2 aliphatic heterocycles. The lowest BCUT2D eigenvalue weighted by molar-refractivity contribution is -0.138. The summed E-state index contributed by atoms with van der Waals surface area (Å²) in [7, 11) is 0. The van der Waals surface area contributed by atoms with Gasteiger partial charge in [0.15, 0.2) is 0 Å². The number of morpholine rings is 1. The fourth-order valence-corrected chi connectivity index (χ4v) is 5.59. The van der Waals surface area contributed by atoms with Gasteiger partial charge in [0.2, 0.25) is 23.6 Å². The van der Waals surface area contributed by atoms with Crippen LogP contribution in [0.15, 0.2) is 48.5 Å². The van der Waals surface area contributed by atoms with Gasteiger partial charge in [-0.25, -0.2) is 0 Å². The van der Waals surface area contributed by atoms with Crippen LogP contribution in [-0.4, -0.2) is 103 Å². The third-order valence-electron chi connectivity index (χ3n) is 8.31. The van der Waals surface area contributed by atoms with Gasteiger partial charge in [0.1, 0.15) is 24.4 Å². The highest BCUT2D eigenvalue weighted by Crippen LogP contribution is 2.19. The van der Waals surface area contributed by atoms with E-state index in [0.717, 1.165) is 30.8 Å². The van der Waals surface area contributed by atoms with Gasteiger partial charge in [-0.3, -0.25) is 28.9 Å². The minimum absolute atomic E-state index is 0.0470. The Morgan fingerprint density at radius 3 is 2.44 bits per heavy atom. The summed E-state index contributed by atoms with van der Waals surface area (Å²) >= 11 is 0. The number of nitrogens with one attached hydrogen (secondary N) is 4. The van der Waals surface area contributed by atoms with Gasteiger partial charge in [-0.05, 0) is 43.0 Å². The van der Waals surface area contributed by atoms with E-state index in [1.807, 2.05) is 38.1 Å². The van der Waals surface area contributed by atoms with Gasteiger partial charge in [-0.1, -0.05) is 50.2 Å². The largest absolute Gasteiger partial charge is 0.491 e.